The van der Waals surface area contributed by atoms with Crippen LogP contribution in [0.3, 0.4) is 0 Å². The summed E-state index contributed by atoms with van der Waals surface area (Å²) >= 11 is 0. The summed E-state index contributed by atoms with van der Waals surface area (Å²) < 4.78 is 4.97. The molecule has 1 atom stereocenters. The lowest BCUT2D eigenvalue weighted by atomic mass is 9.96. The number of unbranched alkanes of at least 4 members (excludes halogenated alkanes) is 2. The molecule has 3 rings (SSSR count). The summed E-state index contributed by atoms with van der Waals surface area (Å²) in [5.74, 6) is -0.650. The maximum absolute atomic E-state index is 12.9. The van der Waals surface area contributed by atoms with E-state index < -0.39 is 12.0 Å². The van der Waals surface area contributed by atoms with Crippen LogP contribution in [0, 0.1) is 0 Å². The number of hydrogen-bond acceptors (Lipinski definition) is 5. The first-order chi connectivity index (χ1) is 14.0. The minimum Gasteiger partial charge on any atom is -0.467 e. The predicted octanol–water partition coefficient (Wildman–Crippen LogP) is 2.22. The van der Waals surface area contributed by atoms with Gasteiger partial charge in [-0.3, -0.25) is 14.4 Å². The van der Waals surface area contributed by atoms with Gasteiger partial charge < -0.3 is 14.6 Å². The van der Waals surface area contributed by atoms with Crippen LogP contribution in [0.2, 0.25) is 0 Å². The van der Waals surface area contributed by atoms with Gasteiger partial charge in [0.2, 0.25) is 11.8 Å². The molecule has 1 aliphatic heterocycles. The third kappa shape index (κ3) is 4.76. The Hall–Kier alpha value is -2.87. The first kappa shape index (κ1) is 20.9. The van der Waals surface area contributed by atoms with Crippen LogP contribution < -0.4 is 5.48 Å². The van der Waals surface area contributed by atoms with Crippen LogP contribution in [0.5, 0.6) is 0 Å². The van der Waals surface area contributed by atoms with Gasteiger partial charge in [-0.2, -0.15) is 0 Å². The number of carbonyl (C=O) groups is 3. The molecule has 0 bridgehead atoms. The Balaban J connectivity index is 1.64. The number of H-pyrrole nitrogens is 1. The number of carbonyl (C=O) groups excluding carboxylic acids is 3. The first-order valence-electron chi connectivity index (χ1n) is 9.82. The molecule has 1 aromatic heterocycles. The van der Waals surface area contributed by atoms with Gasteiger partial charge in [0.05, 0.1) is 20.8 Å². The highest BCUT2D eigenvalue weighted by Gasteiger charge is 2.36. The minimum atomic E-state index is -0.619. The molecule has 1 aliphatic rings. The molecular weight excluding hydrogens is 374 g/mol. The van der Waals surface area contributed by atoms with E-state index in [2.05, 4.69) is 15.3 Å². The lowest BCUT2D eigenvalue weighted by Gasteiger charge is -2.34. The summed E-state index contributed by atoms with van der Waals surface area (Å²) in [4.78, 5) is 46.2. The van der Waals surface area contributed by atoms with Crippen molar-refractivity contribution in [2.75, 3.05) is 14.2 Å². The molecule has 2 heterocycles. The number of aromatic amines is 1. The topological polar surface area (TPSA) is 101 Å². The van der Waals surface area contributed by atoms with Gasteiger partial charge in [0.25, 0.3) is 0 Å². The Bertz CT molecular complexity index is 892. The van der Waals surface area contributed by atoms with Crippen LogP contribution in [0.1, 0.15) is 43.4 Å². The molecule has 0 unspecified atom stereocenters. The molecule has 29 heavy (non-hydrogen) atoms. The van der Waals surface area contributed by atoms with E-state index in [9.17, 15) is 14.4 Å². The van der Waals surface area contributed by atoms with E-state index in [1.54, 1.807) is 4.90 Å². The zero-order chi connectivity index (χ0) is 20.8. The number of esters is 1. The monoisotopic (exact) mass is 401 g/mol. The van der Waals surface area contributed by atoms with Gasteiger partial charge in [0, 0.05) is 35.9 Å². The van der Waals surface area contributed by atoms with E-state index >= 15 is 0 Å². The van der Waals surface area contributed by atoms with Crippen molar-refractivity contribution < 1.29 is 24.0 Å². The number of amides is 2. The highest BCUT2D eigenvalue weighted by Crippen LogP contribution is 2.31. The zero-order valence-corrected chi connectivity index (χ0v) is 16.8. The summed E-state index contributed by atoms with van der Waals surface area (Å²) in [6.07, 6.45) is 3.20. The molecule has 0 saturated carbocycles. The molecular formula is C21H27N3O5. The number of ether oxygens (including phenoxy) is 1. The predicted molar refractivity (Wildman–Crippen MR) is 107 cm³/mol. The van der Waals surface area contributed by atoms with Crippen LogP contribution >= 0.6 is 0 Å². The summed E-state index contributed by atoms with van der Waals surface area (Å²) in [6, 6.07) is 7.32. The van der Waals surface area contributed by atoms with E-state index in [4.69, 9.17) is 4.74 Å². The molecule has 0 aliphatic carbocycles. The average molecular weight is 401 g/mol. The second kappa shape index (κ2) is 9.56. The number of nitrogens with zero attached hydrogens (tertiary/aromatic N) is 1. The largest absolute Gasteiger partial charge is 0.467 e. The van der Waals surface area contributed by atoms with Crippen LogP contribution in [-0.2, 0) is 36.9 Å². The molecule has 2 N–H and O–H groups in total. The molecule has 2 aromatic rings. The van der Waals surface area contributed by atoms with Crippen molar-refractivity contribution in [1.82, 2.24) is 15.4 Å². The molecule has 0 radical (unpaired) electrons. The number of hydroxylamine groups is 1. The zero-order valence-electron chi connectivity index (χ0n) is 16.8. The second-order valence-corrected chi connectivity index (χ2v) is 7.18. The standard InChI is InChI=1S/C21H27N3O5/c1-28-21(27)18-12-15-14-8-6-7-9-16(14)22-17(15)13-24(18)20(26)11-5-3-4-10-19(25)23-29-2/h6-9,18,22H,3-5,10-13H2,1-2H3,(H,23,25)/t18-/m1/s1. The Labute approximate surface area is 169 Å². The van der Waals surface area contributed by atoms with Crippen molar-refractivity contribution in [1.29, 1.82) is 0 Å². The number of aromatic nitrogens is 1. The van der Waals surface area contributed by atoms with Gasteiger partial charge in [-0.05, 0) is 24.5 Å². The maximum Gasteiger partial charge on any atom is 0.328 e. The molecule has 1 aromatic carbocycles. The van der Waals surface area contributed by atoms with Crippen molar-refractivity contribution in [3.8, 4) is 0 Å². The smallest absolute Gasteiger partial charge is 0.328 e. The summed E-state index contributed by atoms with van der Waals surface area (Å²) in [5.41, 5.74) is 5.32. The molecule has 0 spiro atoms. The lowest BCUT2D eigenvalue weighted by Crippen LogP contribution is -2.49. The van der Waals surface area contributed by atoms with Gasteiger partial charge in [-0.1, -0.05) is 24.6 Å². The Morgan fingerprint density at radius 1 is 1.14 bits per heavy atom. The van der Waals surface area contributed by atoms with E-state index in [1.165, 1.54) is 14.2 Å². The van der Waals surface area contributed by atoms with Crippen LogP contribution in [0.15, 0.2) is 24.3 Å². The molecule has 8 heteroatoms. The van der Waals surface area contributed by atoms with Gasteiger partial charge in [-0.25, -0.2) is 10.3 Å². The normalized spacial score (nSPS) is 15.8. The quantitative estimate of drug-likeness (QED) is 0.401. The fraction of sp³-hybridized carbons (Fsp3) is 0.476. The highest BCUT2D eigenvalue weighted by atomic mass is 16.6. The Morgan fingerprint density at radius 2 is 1.90 bits per heavy atom. The summed E-state index contributed by atoms with van der Waals surface area (Å²) in [7, 11) is 2.74. The number of hydrogen-bond donors (Lipinski definition) is 2. The van der Waals surface area contributed by atoms with Gasteiger partial charge >= 0.3 is 5.97 Å². The van der Waals surface area contributed by atoms with Crippen molar-refractivity contribution in [2.45, 2.75) is 51.1 Å². The van der Waals surface area contributed by atoms with Gasteiger partial charge in [0.15, 0.2) is 0 Å². The van der Waals surface area contributed by atoms with E-state index in [0.717, 1.165) is 28.6 Å². The minimum absolute atomic E-state index is 0.0777. The number of methoxy groups -OCH3 is 1. The van der Waals surface area contributed by atoms with Crippen molar-refractivity contribution in [3.05, 3.63) is 35.5 Å². The lowest BCUT2D eigenvalue weighted by molar-refractivity contribution is -0.154. The molecule has 8 nitrogen and oxygen atoms in total. The Kier molecular flexibility index (Phi) is 6.87. The Morgan fingerprint density at radius 3 is 2.66 bits per heavy atom. The molecule has 0 saturated heterocycles. The van der Waals surface area contributed by atoms with Crippen molar-refractivity contribution in [3.63, 3.8) is 0 Å². The van der Waals surface area contributed by atoms with Gasteiger partial charge in [0.1, 0.15) is 6.04 Å². The number of benzene rings is 1. The molecule has 0 fully saturated rings. The van der Waals surface area contributed by atoms with Crippen molar-refractivity contribution >= 4 is 28.7 Å². The first-order valence-corrected chi connectivity index (χ1v) is 9.82. The summed E-state index contributed by atoms with van der Waals surface area (Å²) in [5, 5.41) is 1.08. The van der Waals surface area contributed by atoms with Crippen LogP contribution in [0.25, 0.3) is 10.9 Å². The number of para-hydroxylation sites is 1. The number of rotatable bonds is 8. The molecule has 156 valence electrons. The van der Waals surface area contributed by atoms with E-state index in [0.29, 0.717) is 38.6 Å². The average Bonchev–Trinajstić information content (AvgIpc) is 3.09. The van der Waals surface area contributed by atoms with Gasteiger partial charge in [-0.15, -0.1) is 0 Å². The van der Waals surface area contributed by atoms with E-state index in [-0.39, 0.29) is 11.8 Å². The fourth-order valence-electron chi connectivity index (χ4n) is 3.86. The van der Waals surface area contributed by atoms with Crippen molar-refractivity contribution in [2.24, 2.45) is 0 Å². The number of fused-ring (bicyclic) bond motifs is 3. The van der Waals surface area contributed by atoms with E-state index in [1.807, 2.05) is 24.3 Å². The SMILES string of the molecule is CONC(=O)CCCCCC(=O)N1Cc2[nH]c3ccccc3c2C[C@@H]1C(=O)OC. The highest BCUT2D eigenvalue weighted by molar-refractivity contribution is 5.89. The molecule has 2 amide bonds. The fourth-order valence-corrected chi connectivity index (χ4v) is 3.86. The maximum atomic E-state index is 12.9. The summed E-state index contributed by atoms with van der Waals surface area (Å²) in [6.45, 7) is 0.360. The second-order valence-electron chi connectivity index (χ2n) is 7.18. The number of nitrogens with one attached hydrogen (secondary N) is 2. The van der Waals surface area contributed by atoms with Crippen LogP contribution in [-0.4, -0.2) is 47.9 Å². The third-order valence-corrected chi connectivity index (χ3v) is 5.31. The third-order valence-electron chi connectivity index (χ3n) is 5.31. The van der Waals surface area contributed by atoms with Crippen LogP contribution in [0.4, 0.5) is 0 Å².